The van der Waals surface area contributed by atoms with Crippen LogP contribution in [0.15, 0.2) is 53.4 Å². The van der Waals surface area contributed by atoms with Gasteiger partial charge in [-0.3, -0.25) is 4.79 Å². The van der Waals surface area contributed by atoms with Crippen LogP contribution in [0.1, 0.15) is 18.2 Å². The Morgan fingerprint density at radius 2 is 1.74 bits per heavy atom. The Morgan fingerprint density at radius 3 is 2.43 bits per heavy atom. The third-order valence-corrected chi connectivity index (χ3v) is 8.22. The lowest BCUT2D eigenvalue weighted by atomic mass is 10.2. The second-order valence-corrected chi connectivity index (χ2v) is 10.6. The molecule has 2 aliphatic rings. The largest absolute Gasteiger partial charge is 0.352 e. The van der Waals surface area contributed by atoms with Gasteiger partial charge < -0.3 is 15.1 Å². The van der Waals surface area contributed by atoms with E-state index in [-0.39, 0.29) is 10.8 Å². The van der Waals surface area contributed by atoms with E-state index in [0.29, 0.717) is 56.6 Å². The normalized spacial score (nSPS) is 16.3. The van der Waals surface area contributed by atoms with Gasteiger partial charge in [0.05, 0.1) is 4.90 Å². The summed E-state index contributed by atoms with van der Waals surface area (Å²) in [6.07, 6.45) is 0.662. The third-order valence-electron chi connectivity index (χ3n) is 6.32. The van der Waals surface area contributed by atoms with Gasteiger partial charge in [-0.1, -0.05) is 6.07 Å². The van der Waals surface area contributed by atoms with E-state index < -0.39 is 10.0 Å². The number of sulfonamides is 1. The van der Waals surface area contributed by atoms with E-state index in [2.05, 4.69) is 20.5 Å². The highest BCUT2D eigenvalue weighted by atomic mass is 32.2. The number of fused-ring (bicyclic) bond motifs is 1. The molecule has 1 amide bonds. The van der Waals surface area contributed by atoms with Gasteiger partial charge in [-0.05, 0) is 61.4 Å². The first-order valence-electron chi connectivity index (χ1n) is 11.5. The highest BCUT2D eigenvalue weighted by Crippen LogP contribution is 2.31. The molecule has 11 heteroatoms. The molecule has 2 aromatic heterocycles. The van der Waals surface area contributed by atoms with Gasteiger partial charge in [-0.2, -0.15) is 4.31 Å². The van der Waals surface area contributed by atoms with Gasteiger partial charge in [0.15, 0.2) is 11.6 Å². The fourth-order valence-corrected chi connectivity index (χ4v) is 5.95. The van der Waals surface area contributed by atoms with Crippen molar-refractivity contribution in [3.63, 3.8) is 0 Å². The van der Waals surface area contributed by atoms with Crippen molar-refractivity contribution in [3.05, 3.63) is 59.8 Å². The lowest BCUT2D eigenvalue weighted by molar-refractivity contribution is -0.116. The molecule has 10 nitrogen and oxygen atoms in total. The number of nitrogens with zero attached hydrogens (tertiary/aromatic N) is 6. The predicted molar refractivity (Wildman–Crippen MR) is 133 cm³/mol. The van der Waals surface area contributed by atoms with Gasteiger partial charge in [-0.15, -0.1) is 10.2 Å². The molecule has 0 aliphatic carbocycles. The van der Waals surface area contributed by atoms with Crippen LogP contribution in [0.25, 0.3) is 0 Å². The fraction of sp³-hybridized carbons (Fsp3) is 0.333. The molecule has 0 unspecified atom stereocenters. The lowest BCUT2D eigenvalue weighted by Crippen LogP contribution is -2.49. The van der Waals surface area contributed by atoms with Crippen molar-refractivity contribution < 1.29 is 13.2 Å². The summed E-state index contributed by atoms with van der Waals surface area (Å²) >= 11 is 0. The van der Waals surface area contributed by atoms with Crippen LogP contribution < -0.4 is 15.1 Å². The van der Waals surface area contributed by atoms with E-state index in [1.807, 2.05) is 42.2 Å². The van der Waals surface area contributed by atoms with Gasteiger partial charge >= 0.3 is 0 Å². The Kier molecular flexibility index (Phi) is 6.12. The Labute approximate surface area is 204 Å². The number of aryl methyl sites for hydroxylation is 1. The summed E-state index contributed by atoms with van der Waals surface area (Å²) in [6, 6.07) is 14.5. The monoisotopic (exact) mass is 493 g/mol. The zero-order valence-electron chi connectivity index (χ0n) is 19.7. The molecule has 0 atom stereocenters. The van der Waals surface area contributed by atoms with Crippen molar-refractivity contribution in [2.24, 2.45) is 0 Å². The van der Waals surface area contributed by atoms with E-state index in [0.717, 1.165) is 16.9 Å². The molecule has 1 fully saturated rings. The van der Waals surface area contributed by atoms with Crippen molar-refractivity contribution in [3.8, 4) is 0 Å². The van der Waals surface area contributed by atoms with E-state index in [4.69, 9.17) is 0 Å². The number of carbonyl (C=O) groups is 1. The Bertz CT molecular complexity index is 1350. The van der Waals surface area contributed by atoms with Gasteiger partial charge in [-0.25, -0.2) is 13.4 Å². The van der Waals surface area contributed by atoms with E-state index >= 15 is 0 Å². The van der Waals surface area contributed by atoms with Gasteiger partial charge in [0.1, 0.15) is 5.82 Å². The first-order valence-corrected chi connectivity index (χ1v) is 13.0. The molecule has 4 heterocycles. The zero-order valence-corrected chi connectivity index (χ0v) is 20.5. The molecule has 3 aromatic rings. The van der Waals surface area contributed by atoms with Gasteiger partial charge in [0.25, 0.3) is 0 Å². The highest BCUT2D eigenvalue weighted by Gasteiger charge is 2.31. The number of hydrogen-bond donors (Lipinski definition) is 1. The Balaban J connectivity index is 1.23. The summed E-state index contributed by atoms with van der Waals surface area (Å²) in [6.45, 7) is 5.78. The maximum atomic E-state index is 13.3. The number of amides is 1. The van der Waals surface area contributed by atoms with Gasteiger partial charge in [0.2, 0.25) is 15.9 Å². The van der Waals surface area contributed by atoms with Gasteiger partial charge in [0, 0.05) is 51.0 Å². The van der Waals surface area contributed by atoms with Crippen LogP contribution >= 0.6 is 0 Å². The average molecular weight is 494 g/mol. The SMILES string of the molecule is CC(=O)N1CCc2cc(S(=O)(=O)N3CCN(c4ccc(Nc5cccc(C)n5)nn4)CC3)ccc21. The maximum Gasteiger partial charge on any atom is 0.243 e. The molecule has 0 bridgehead atoms. The van der Waals surface area contributed by atoms with Crippen LogP contribution in [-0.2, 0) is 21.2 Å². The van der Waals surface area contributed by atoms with Crippen molar-refractivity contribution in [1.82, 2.24) is 19.5 Å². The van der Waals surface area contributed by atoms with Crippen molar-refractivity contribution in [2.45, 2.75) is 25.2 Å². The Morgan fingerprint density at radius 1 is 0.943 bits per heavy atom. The minimum absolute atomic E-state index is 0.0331. The number of benzene rings is 1. The molecule has 182 valence electrons. The summed E-state index contributed by atoms with van der Waals surface area (Å²) in [7, 11) is -3.62. The van der Waals surface area contributed by atoms with E-state index in [1.54, 1.807) is 23.1 Å². The number of rotatable bonds is 5. The van der Waals surface area contributed by atoms with Crippen LogP contribution in [-0.4, -0.2) is 66.5 Å². The zero-order chi connectivity index (χ0) is 24.6. The molecule has 35 heavy (non-hydrogen) atoms. The van der Waals surface area contributed by atoms with E-state index in [9.17, 15) is 13.2 Å². The highest BCUT2D eigenvalue weighted by molar-refractivity contribution is 7.89. The topological polar surface area (TPSA) is 112 Å². The summed E-state index contributed by atoms with van der Waals surface area (Å²) in [5, 5.41) is 11.7. The van der Waals surface area contributed by atoms with Crippen LogP contribution in [0.5, 0.6) is 0 Å². The lowest BCUT2D eigenvalue weighted by Gasteiger charge is -2.34. The first-order chi connectivity index (χ1) is 16.8. The molecule has 0 radical (unpaired) electrons. The molecular formula is C24H27N7O3S. The molecule has 2 aliphatic heterocycles. The van der Waals surface area contributed by atoms with Crippen molar-refractivity contribution in [1.29, 1.82) is 0 Å². The first kappa shape index (κ1) is 23.2. The molecule has 5 rings (SSSR count). The quantitative estimate of drug-likeness (QED) is 0.577. The Hall–Kier alpha value is -3.57. The number of pyridine rings is 1. The van der Waals surface area contributed by atoms with Crippen molar-refractivity contribution >= 4 is 39.1 Å². The second-order valence-electron chi connectivity index (χ2n) is 8.67. The molecule has 0 spiro atoms. The standard InChI is InChI=1S/C24H27N7O3S/c1-17-4-3-5-22(25-17)26-23-8-9-24(28-27-23)29-12-14-30(15-13-29)35(33,34)20-6-7-21-19(16-20)10-11-31(21)18(2)32/h3-9,16H,10-15H2,1-2H3,(H,25,26,27). The summed E-state index contributed by atoms with van der Waals surface area (Å²) < 4.78 is 28.1. The average Bonchev–Trinajstić information content (AvgIpc) is 3.28. The van der Waals surface area contributed by atoms with Crippen molar-refractivity contribution in [2.75, 3.05) is 47.8 Å². The summed E-state index contributed by atoms with van der Waals surface area (Å²) in [4.78, 5) is 20.2. The third kappa shape index (κ3) is 4.69. The number of carbonyl (C=O) groups excluding carboxylic acids is 1. The van der Waals surface area contributed by atoms with Crippen LogP contribution in [0.3, 0.4) is 0 Å². The number of piperazine rings is 1. The second kappa shape index (κ2) is 9.23. The van der Waals surface area contributed by atoms with E-state index in [1.165, 1.54) is 11.2 Å². The molecule has 1 saturated heterocycles. The minimum Gasteiger partial charge on any atom is -0.352 e. The fourth-order valence-electron chi connectivity index (χ4n) is 4.48. The predicted octanol–water partition coefficient (Wildman–Crippen LogP) is 2.34. The maximum absolute atomic E-state index is 13.3. The molecular weight excluding hydrogens is 466 g/mol. The number of nitrogens with one attached hydrogen (secondary N) is 1. The summed E-state index contributed by atoms with van der Waals surface area (Å²) in [5.41, 5.74) is 2.60. The smallest absolute Gasteiger partial charge is 0.243 e. The number of anilines is 4. The molecule has 0 saturated carbocycles. The number of hydrogen-bond acceptors (Lipinski definition) is 8. The molecule has 1 N–H and O–H groups in total. The van der Waals surface area contributed by atoms with Crippen LogP contribution in [0.4, 0.5) is 23.1 Å². The minimum atomic E-state index is -3.62. The summed E-state index contributed by atoms with van der Waals surface area (Å²) in [5.74, 6) is 1.96. The number of aromatic nitrogens is 3. The van der Waals surface area contributed by atoms with Crippen LogP contribution in [0.2, 0.25) is 0 Å². The van der Waals surface area contributed by atoms with Crippen LogP contribution in [0, 0.1) is 6.92 Å². The molecule has 1 aromatic carbocycles.